The Morgan fingerprint density at radius 2 is 1.93 bits per heavy atom. The van der Waals surface area contributed by atoms with Crippen molar-refractivity contribution in [1.29, 1.82) is 0 Å². The second-order valence-electron chi connectivity index (χ2n) is 6.59. The molecule has 8 heteroatoms. The summed E-state index contributed by atoms with van der Waals surface area (Å²) in [7, 11) is 0. The van der Waals surface area contributed by atoms with E-state index in [9.17, 15) is 9.59 Å². The lowest BCUT2D eigenvalue weighted by Crippen LogP contribution is -2.56. The minimum Gasteiger partial charge on any atom is -0.494 e. The molecule has 0 bridgehead atoms. The van der Waals surface area contributed by atoms with Crippen molar-refractivity contribution in [2.45, 2.75) is 26.3 Å². The van der Waals surface area contributed by atoms with Crippen molar-refractivity contribution in [3.63, 3.8) is 0 Å². The summed E-state index contributed by atoms with van der Waals surface area (Å²) in [6.45, 7) is 9.09. The number of carbonyl (C=O) groups excluding carboxylic acids is 2. The fourth-order valence-electron chi connectivity index (χ4n) is 3.19. The molecule has 2 heterocycles. The van der Waals surface area contributed by atoms with Gasteiger partial charge in [-0.25, -0.2) is 4.99 Å². The number of hydrogen-bond acceptors (Lipinski definition) is 6. The lowest BCUT2D eigenvalue weighted by Gasteiger charge is -2.37. The largest absolute Gasteiger partial charge is 0.494 e. The van der Waals surface area contributed by atoms with Crippen LogP contribution in [0.1, 0.15) is 20.3 Å². The Morgan fingerprint density at radius 3 is 2.56 bits per heavy atom. The maximum Gasteiger partial charge on any atom is 0.249 e. The molecule has 0 spiro atoms. The van der Waals surface area contributed by atoms with Gasteiger partial charge in [-0.1, -0.05) is 6.92 Å². The van der Waals surface area contributed by atoms with Crippen molar-refractivity contribution in [3.05, 3.63) is 24.3 Å². The number of rotatable bonds is 5. The van der Waals surface area contributed by atoms with Crippen LogP contribution in [0, 0.1) is 0 Å². The molecular weight excluding hydrogens is 346 g/mol. The summed E-state index contributed by atoms with van der Waals surface area (Å²) in [4.78, 5) is 33.6. The van der Waals surface area contributed by atoms with Crippen LogP contribution in [0.5, 0.6) is 5.75 Å². The monoisotopic (exact) mass is 373 g/mol. The summed E-state index contributed by atoms with van der Waals surface area (Å²) in [6, 6.07) is 6.44. The number of hydrogen-bond donors (Lipinski definition) is 2. The number of ether oxygens (including phenoxy) is 1. The van der Waals surface area contributed by atoms with Gasteiger partial charge in [0.15, 0.2) is 0 Å². The first-order valence-corrected chi connectivity index (χ1v) is 9.47. The van der Waals surface area contributed by atoms with Crippen LogP contribution in [0.2, 0.25) is 0 Å². The van der Waals surface area contributed by atoms with E-state index in [2.05, 4.69) is 27.4 Å². The molecule has 146 valence electrons. The van der Waals surface area contributed by atoms with Gasteiger partial charge in [0.05, 0.1) is 13.0 Å². The quantitative estimate of drug-likeness (QED) is 0.801. The second-order valence-corrected chi connectivity index (χ2v) is 6.59. The van der Waals surface area contributed by atoms with Crippen LogP contribution in [0.25, 0.3) is 0 Å². The van der Waals surface area contributed by atoms with E-state index < -0.39 is 6.04 Å². The third kappa shape index (κ3) is 4.97. The van der Waals surface area contributed by atoms with Gasteiger partial charge in [0.2, 0.25) is 17.8 Å². The summed E-state index contributed by atoms with van der Waals surface area (Å²) >= 11 is 0. The molecule has 1 aromatic carbocycles. The third-order valence-corrected chi connectivity index (χ3v) is 4.76. The van der Waals surface area contributed by atoms with Crippen molar-refractivity contribution >= 4 is 23.5 Å². The molecule has 2 N–H and O–H groups in total. The zero-order valence-corrected chi connectivity index (χ0v) is 15.9. The van der Waals surface area contributed by atoms with Crippen LogP contribution in [0.15, 0.2) is 29.3 Å². The Labute approximate surface area is 159 Å². The van der Waals surface area contributed by atoms with Crippen molar-refractivity contribution in [2.24, 2.45) is 4.99 Å². The minimum absolute atomic E-state index is 0.0568. The molecule has 2 aliphatic rings. The summed E-state index contributed by atoms with van der Waals surface area (Å²) in [5.41, 5.74) is 0.655. The third-order valence-electron chi connectivity index (χ3n) is 4.76. The normalized spacial score (nSPS) is 20.7. The van der Waals surface area contributed by atoms with E-state index in [0.717, 1.165) is 38.5 Å². The van der Waals surface area contributed by atoms with Crippen LogP contribution < -0.4 is 15.4 Å². The van der Waals surface area contributed by atoms with Gasteiger partial charge < -0.3 is 19.9 Å². The van der Waals surface area contributed by atoms with Crippen molar-refractivity contribution in [2.75, 3.05) is 44.6 Å². The first-order valence-electron chi connectivity index (χ1n) is 9.47. The number of piperazine rings is 1. The number of carbonyl (C=O) groups is 2. The van der Waals surface area contributed by atoms with E-state index in [1.807, 2.05) is 11.8 Å². The summed E-state index contributed by atoms with van der Waals surface area (Å²) in [5, 5.41) is 5.64. The first-order chi connectivity index (χ1) is 13.1. The number of anilines is 1. The number of aliphatic imine (C=N–C) groups is 1. The Kier molecular flexibility index (Phi) is 6.28. The molecular formula is C19H27N5O3. The Balaban J connectivity index is 1.64. The maximum atomic E-state index is 12.6. The van der Waals surface area contributed by atoms with Crippen molar-refractivity contribution < 1.29 is 14.3 Å². The average Bonchev–Trinajstić information content (AvgIpc) is 2.69. The first kappa shape index (κ1) is 19.2. The molecule has 0 radical (unpaired) electrons. The molecule has 1 atom stereocenters. The van der Waals surface area contributed by atoms with E-state index in [0.29, 0.717) is 18.3 Å². The fourth-order valence-corrected chi connectivity index (χ4v) is 3.19. The van der Waals surface area contributed by atoms with E-state index in [-0.39, 0.29) is 18.2 Å². The van der Waals surface area contributed by atoms with E-state index in [4.69, 9.17) is 4.74 Å². The molecule has 2 amide bonds. The highest BCUT2D eigenvalue weighted by Gasteiger charge is 2.30. The van der Waals surface area contributed by atoms with Crippen molar-refractivity contribution in [3.8, 4) is 5.75 Å². The van der Waals surface area contributed by atoms with Gasteiger partial charge in [0, 0.05) is 31.9 Å². The average molecular weight is 373 g/mol. The van der Waals surface area contributed by atoms with Gasteiger partial charge in [-0.15, -0.1) is 0 Å². The molecule has 3 rings (SSSR count). The summed E-state index contributed by atoms with van der Waals surface area (Å²) in [5.74, 6) is 0.802. The SMILES string of the molecule is CCOc1ccc(NC(=O)C2CC(=O)NC(N3CCN(CC)CC3)=N2)cc1. The lowest BCUT2D eigenvalue weighted by atomic mass is 10.1. The molecule has 1 fully saturated rings. The van der Waals surface area contributed by atoms with Crippen LogP contribution in [0.4, 0.5) is 5.69 Å². The fraction of sp³-hybridized carbons (Fsp3) is 0.526. The number of nitrogens with zero attached hydrogens (tertiary/aromatic N) is 3. The Hall–Kier alpha value is -2.61. The predicted molar refractivity (Wildman–Crippen MR) is 104 cm³/mol. The highest BCUT2D eigenvalue weighted by atomic mass is 16.5. The zero-order chi connectivity index (χ0) is 19.2. The number of nitrogens with one attached hydrogen (secondary N) is 2. The van der Waals surface area contributed by atoms with Crippen LogP contribution in [0.3, 0.4) is 0 Å². The number of amides is 2. The summed E-state index contributed by atoms with van der Waals surface area (Å²) < 4.78 is 5.40. The predicted octanol–water partition coefficient (Wildman–Crippen LogP) is 0.906. The van der Waals surface area contributed by atoms with Gasteiger partial charge in [-0.3, -0.25) is 14.9 Å². The number of benzene rings is 1. The van der Waals surface area contributed by atoms with Crippen LogP contribution in [-0.4, -0.2) is 72.9 Å². The molecule has 1 aromatic rings. The molecule has 0 aliphatic carbocycles. The second kappa shape index (κ2) is 8.85. The van der Waals surface area contributed by atoms with E-state index in [1.54, 1.807) is 24.3 Å². The molecule has 0 saturated carbocycles. The van der Waals surface area contributed by atoms with Gasteiger partial charge in [0.1, 0.15) is 11.8 Å². The summed E-state index contributed by atoms with van der Waals surface area (Å²) in [6.07, 6.45) is 0.0568. The van der Waals surface area contributed by atoms with Gasteiger partial charge in [-0.2, -0.15) is 0 Å². The highest BCUT2D eigenvalue weighted by Crippen LogP contribution is 2.17. The standard InChI is InChI=1S/C19H27N5O3/c1-3-23-9-11-24(12-10-23)19-21-16(13-17(25)22-19)18(26)20-14-5-7-15(8-6-14)27-4-2/h5-8,16H,3-4,9-13H2,1-2H3,(H,20,26)(H,21,22,25). The highest BCUT2D eigenvalue weighted by molar-refractivity contribution is 6.05. The Bertz CT molecular complexity index is 696. The Morgan fingerprint density at radius 1 is 1.22 bits per heavy atom. The molecule has 2 aliphatic heterocycles. The lowest BCUT2D eigenvalue weighted by molar-refractivity contribution is -0.125. The molecule has 0 aromatic heterocycles. The van der Waals surface area contributed by atoms with Gasteiger partial charge in [-0.05, 0) is 37.7 Å². The smallest absolute Gasteiger partial charge is 0.249 e. The molecule has 1 unspecified atom stereocenters. The van der Waals surface area contributed by atoms with Crippen molar-refractivity contribution in [1.82, 2.24) is 15.1 Å². The van der Waals surface area contributed by atoms with Crippen LogP contribution >= 0.6 is 0 Å². The van der Waals surface area contributed by atoms with E-state index >= 15 is 0 Å². The van der Waals surface area contributed by atoms with Gasteiger partial charge >= 0.3 is 0 Å². The number of guanidine groups is 1. The maximum absolute atomic E-state index is 12.6. The zero-order valence-electron chi connectivity index (χ0n) is 15.9. The molecule has 1 saturated heterocycles. The molecule has 8 nitrogen and oxygen atoms in total. The number of likely N-dealkylation sites (N-methyl/N-ethyl adjacent to an activating group) is 1. The minimum atomic E-state index is -0.718. The van der Waals surface area contributed by atoms with E-state index in [1.165, 1.54) is 0 Å². The van der Waals surface area contributed by atoms with Gasteiger partial charge in [0.25, 0.3) is 0 Å². The molecule has 27 heavy (non-hydrogen) atoms. The topological polar surface area (TPSA) is 86.3 Å². The van der Waals surface area contributed by atoms with Crippen LogP contribution in [-0.2, 0) is 9.59 Å².